The number of nitrogens with zero attached hydrogens (tertiary/aromatic N) is 3. The van der Waals surface area contributed by atoms with Crippen molar-refractivity contribution >= 4 is 22.2 Å². The van der Waals surface area contributed by atoms with Crippen molar-refractivity contribution in [2.24, 2.45) is 7.05 Å². The Labute approximate surface area is 107 Å². The van der Waals surface area contributed by atoms with Crippen LogP contribution in [-0.2, 0) is 13.7 Å². The molecule has 0 unspecified atom stereocenters. The smallest absolute Gasteiger partial charge is 0.164 e. The first-order valence-electron chi connectivity index (χ1n) is 4.91. The van der Waals surface area contributed by atoms with E-state index in [4.69, 9.17) is 4.74 Å². The van der Waals surface area contributed by atoms with Crippen LogP contribution >= 0.6 is 15.9 Å². The Morgan fingerprint density at radius 2 is 2.35 bits per heavy atom. The average molecular weight is 296 g/mol. The first kappa shape index (κ1) is 11.8. The topological polar surface area (TPSA) is 57.0 Å². The molecular weight excluding hydrogens is 286 g/mol. The average Bonchev–Trinajstić information content (AvgIpc) is 2.73. The molecule has 5 nitrogen and oxygen atoms in total. The van der Waals surface area contributed by atoms with Gasteiger partial charge in [-0.05, 0) is 18.2 Å². The quantitative estimate of drug-likeness (QED) is 0.809. The molecule has 0 saturated carbocycles. The third-order valence-electron chi connectivity index (χ3n) is 2.26. The van der Waals surface area contributed by atoms with E-state index >= 15 is 0 Å². The number of aldehydes is 1. The zero-order valence-corrected chi connectivity index (χ0v) is 10.7. The maximum Gasteiger partial charge on any atom is 0.164 e. The third kappa shape index (κ3) is 2.71. The lowest BCUT2D eigenvalue weighted by molar-refractivity contribution is 0.111. The summed E-state index contributed by atoms with van der Waals surface area (Å²) in [6.07, 6.45) is 2.22. The molecule has 0 aliphatic carbocycles. The van der Waals surface area contributed by atoms with Crippen molar-refractivity contribution in [3.8, 4) is 5.75 Å². The van der Waals surface area contributed by atoms with E-state index in [1.54, 1.807) is 23.9 Å². The Bertz CT molecular complexity index is 539. The molecule has 6 heteroatoms. The van der Waals surface area contributed by atoms with Gasteiger partial charge in [-0.1, -0.05) is 15.9 Å². The van der Waals surface area contributed by atoms with Crippen LogP contribution in [0.1, 0.15) is 16.2 Å². The van der Waals surface area contributed by atoms with Crippen molar-refractivity contribution in [2.45, 2.75) is 6.61 Å². The van der Waals surface area contributed by atoms with Gasteiger partial charge < -0.3 is 4.74 Å². The van der Waals surface area contributed by atoms with Gasteiger partial charge >= 0.3 is 0 Å². The van der Waals surface area contributed by atoms with Crippen LogP contribution in [0.15, 0.2) is 29.0 Å². The fraction of sp³-hybridized carbons (Fsp3) is 0.182. The Morgan fingerprint density at radius 3 is 3.00 bits per heavy atom. The van der Waals surface area contributed by atoms with Crippen molar-refractivity contribution < 1.29 is 9.53 Å². The molecular formula is C11H10BrN3O2. The van der Waals surface area contributed by atoms with Gasteiger partial charge in [0, 0.05) is 11.5 Å². The number of benzene rings is 1. The molecule has 0 radical (unpaired) electrons. The lowest BCUT2D eigenvalue weighted by Crippen LogP contribution is -2.05. The number of hydrogen-bond acceptors (Lipinski definition) is 4. The highest BCUT2D eigenvalue weighted by atomic mass is 79.9. The van der Waals surface area contributed by atoms with Crippen molar-refractivity contribution in [1.29, 1.82) is 0 Å². The number of rotatable bonds is 4. The van der Waals surface area contributed by atoms with Crippen LogP contribution in [0.2, 0.25) is 0 Å². The van der Waals surface area contributed by atoms with Crippen LogP contribution in [0.25, 0.3) is 0 Å². The third-order valence-corrected chi connectivity index (χ3v) is 2.75. The zero-order valence-electron chi connectivity index (χ0n) is 9.13. The fourth-order valence-corrected chi connectivity index (χ4v) is 1.71. The van der Waals surface area contributed by atoms with E-state index in [0.29, 0.717) is 17.1 Å². The van der Waals surface area contributed by atoms with Crippen LogP contribution < -0.4 is 4.74 Å². The SMILES string of the molecule is Cn1ncnc1COc1ccc(Br)cc1C=O. The second kappa shape index (κ2) is 5.09. The van der Waals surface area contributed by atoms with Gasteiger partial charge in [0.15, 0.2) is 12.1 Å². The fourth-order valence-electron chi connectivity index (χ4n) is 1.34. The zero-order chi connectivity index (χ0) is 12.3. The second-order valence-electron chi connectivity index (χ2n) is 3.39. The molecule has 2 aromatic rings. The number of carbonyl (C=O) groups excluding carboxylic acids is 1. The molecule has 1 heterocycles. The van der Waals surface area contributed by atoms with Gasteiger partial charge in [0.05, 0.1) is 5.56 Å². The predicted molar refractivity (Wildman–Crippen MR) is 64.9 cm³/mol. The standard InChI is InChI=1S/C11H10BrN3O2/c1-15-11(13-7-14-15)6-17-10-3-2-9(12)4-8(10)5-16/h2-5,7H,6H2,1H3. The molecule has 17 heavy (non-hydrogen) atoms. The molecule has 0 aliphatic heterocycles. The van der Waals surface area contributed by atoms with Gasteiger partial charge in [0.2, 0.25) is 0 Å². The summed E-state index contributed by atoms with van der Waals surface area (Å²) < 4.78 is 8.00. The summed E-state index contributed by atoms with van der Waals surface area (Å²) in [5.41, 5.74) is 0.501. The van der Waals surface area contributed by atoms with Crippen LogP contribution in [0.3, 0.4) is 0 Å². The summed E-state index contributed by atoms with van der Waals surface area (Å²) in [5.74, 6) is 1.23. The Hall–Kier alpha value is -1.69. The summed E-state index contributed by atoms with van der Waals surface area (Å²) >= 11 is 3.30. The van der Waals surface area contributed by atoms with E-state index in [-0.39, 0.29) is 6.61 Å². The molecule has 0 amide bonds. The Balaban J connectivity index is 2.14. The minimum Gasteiger partial charge on any atom is -0.485 e. The van der Waals surface area contributed by atoms with E-state index in [2.05, 4.69) is 26.0 Å². The predicted octanol–water partition coefficient (Wildman–Crippen LogP) is 1.97. The van der Waals surface area contributed by atoms with Crippen LogP contribution in [0.5, 0.6) is 5.75 Å². The molecule has 0 spiro atoms. The maximum absolute atomic E-state index is 10.9. The maximum atomic E-state index is 10.9. The number of ether oxygens (including phenoxy) is 1. The largest absolute Gasteiger partial charge is 0.485 e. The van der Waals surface area contributed by atoms with Crippen molar-refractivity contribution in [3.05, 3.63) is 40.4 Å². The molecule has 1 aromatic heterocycles. The monoisotopic (exact) mass is 295 g/mol. The van der Waals surface area contributed by atoms with E-state index < -0.39 is 0 Å². The molecule has 0 saturated heterocycles. The van der Waals surface area contributed by atoms with Gasteiger partial charge in [-0.3, -0.25) is 9.48 Å². The minimum atomic E-state index is 0.277. The highest BCUT2D eigenvalue weighted by Gasteiger charge is 2.06. The van der Waals surface area contributed by atoms with Crippen LogP contribution in [0, 0.1) is 0 Å². The number of carbonyl (C=O) groups is 1. The molecule has 2 rings (SSSR count). The van der Waals surface area contributed by atoms with E-state index in [9.17, 15) is 4.79 Å². The van der Waals surface area contributed by atoms with E-state index in [1.165, 1.54) is 6.33 Å². The molecule has 88 valence electrons. The normalized spacial score (nSPS) is 10.2. The summed E-state index contributed by atoms with van der Waals surface area (Å²) in [5, 5.41) is 3.93. The van der Waals surface area contributed by atoms with Crippen molar-refractivity contribution in [3.63, 3.8) is 0 Å². The van der Waals surface area contributed by atoms with Crippen LogP contribution in [-0.4, -0.2) is 21.1 Å². The first-order chi connectivity index (χ1) is 8.20. The summed E-state index contributed by atoms with van der Waals surface area (Å²) in [4.78, 5) is 14.9. The second-order valence-corrected chi connectivity index (χ2v) is 4.30. The lowest BCUT2D eigenvalue weighted by Gasteiger charge is -2.07. The van der Waals surface area contributed by atoms with Crippen LogP contribution in [0.4, 0.5) is 0 Å². The number of hydrogen-bond donors (Lipinski definition) is 0. The van der Waals surface area contributed by atoms with Gasteiger partial charge in [-0.2, -0.15) is 5.10 Å². The summed E-state index contributed by atoms with van der Waals surface area (Å²) in [7, 11) is 1.79. The van der Waals surface area contributed by atoms with Crippen molar-refractivity contribution in [1.82, 2.24) is 14.8 Å². The highest BCUT2D eigenvalue weighted by molar-refractivity contribution is 9.10. The highest BCUT2D eigenvalue weighted by Crippen LogP contribution is 2.22. The first-order valence-corrected chi connectivity index (χ1v) is 5.70. The summed E-state index contributed by atoms with van der Waals surface area (Å²) in [6.45, 7) is 0.277. The Kier molecular flexibility index (Phi) is 3.53. The van der Waals surface area contributed by atoms with Gasteiger partial charge in [0.1, 0.15) is 18.7 Å². The van der Waals surface area contributed by atoms with E-state index in [1.807, 2.05) is 6.07 Å². The molecule has 0 bridgehead atoms. The Morgan fingerprint density at radius 1 is 1.53 bits per heavy atom. The summed E-state index contributed by atoms with van der Waals surface area (Å²) in [6, 6.07) is 5.27. The van der Waals surface area contributed by atoms with Gasteiger partial charge in [-0.15, -0.1) is 0 Å². The molecule has 0 N–H and O–H groups in total. The van der Waals surface area contributed by atoms with E-state index in [0.717, 1.165) is 10.8 Å². The molecule has 0 aliphatic rings. The number of halogens is 1. The van der Waals surface area contributed by atoms with Gasteiger partial charge in [0.25, 0.3) is 0 Å². The lowest BCUT2D eigenvalue weighted by atomic mass is 10.2. The molecule has 0 fully saturated rings. The molecule has 1 aromatic carbocycles. The number of aryl methyl sites for hydroxylation is 1. The van der Waals surface area contributed by atoms with Gasteiger partial charge in [-0.25, -0.2) is 4.98 Å². The number of aromatic nitrogens is 3. The minimum absolute atomic E-state index is 0.277. The molecule has 0 atom stereocenters. The van der Waals surface area contributed by atoms with Crippen molar-refractivity contribution in [2.75, 3.05) is 0 Å².